The summed E-state index contributed by atoms with van der Waals surface area (Å²) in [4.78, 5) is 11.6. The third-order valence-electron chi connectivity index (χ3n) is 4.53. The van der Waals surface area contributed by atoms with Crippen molar-refractivity contribution in [2.75, 3.05) is 4.90 Å². The number of hydrogen-bond acceptors (Lipinski definition) is 5. The van der Waals surface area contributed by atoms with Crippen LogP contribution in [0.3, 0.4) is 0 Å². The number of nitrogens with two attached hydrogens (primary N) is 1. The van der Waals surface area contributed by atoms with Gasteiger partial charge in [0.25, 0.3) is 0 Å². The lowest BCUT2D eigenvalue weighted by atomic mass is 9.98. The Balaban J connectivity index is 1.83. The second-order valence-corrected chi connectivity index (χ2v) is 6.70. The van der Waals surface area contributed by atoms with Crippen molar-refractivity contribution in [1.29, 1.82) is 0 Å². The highest BCUT2D eigenvalue weighted by Crippen LogP contribution is 2.41. The van der Waals surface area contributed by atoms with Crippen molar-refractivity contribution in [3.63, 3.8) is 0 Å². The van der Waals surface area contributed by atoms with Crippen molar-refractivity contribution in [1.82, 2.24) is 9.97 Å². The standard InChI is InChI=1S/C14H18N4S/c1-8-6-19-13-12(8)16-7-17-14(13)18-10-2-3-11(18)5-9(15)4-10/h6-7,9-11H,2-5,15H2,1H3. The molecular weight excluding hydrogens is 256 g/mol. The number of aryl methyl sites for hydroxylation is 1. The Bertz CT molecular complexity index is 609. The minimum atomic E-state index is 0.371. The Morgan fingerprint density at radius 1 is 1.26 bits per heavy atom. The van der Waals surface area contributed by atoms with Gasteiger partial charge in [-0.2, -0.15) is 0 Å². The van der Waals surface area contributed by atoms with Gasteiger partial charge in [0.05, 0.1) is 10.2 Å². The Morgan fingerprint density at radius 3 is 2.74 bits per heavy atom. The maximum atomic E-state index is 6.16. The van der Waals surface area contributed by atoms with E-state index in [1.54, 1.807) is 17.7 Å². The van der Waals surface area contributed by atoms with Gasteiger partial charge in [0.2, 0.25) is 0 Å². The van der Waals surface area contributed by atoms with Crippen molar-refractivity contribution in [3.8, 4) is 0 Å². The van der Waals surface area contributed by atoms with Crippen LogP contribution in [0.25, 0.3) is 10.2 Å². The maximum Gasteiger partial charge on any atom is 0.150 e. The van der Waals surface area contributed by atoms with E-state index in [-0.39, 0.29) is 0 Å². The molecule has 0 spiro atoms. The van der Waals surface area contributed by atoms with Crippen LogP contribution in [0.4, 0.5) is 5.82 Å². The van der Waals surface area contributed by atoms with Gasteiger partial charge in [-0.15, -0.1) is 11.3 Å². The van der Waals surface area contributed by atoms with Gasteiger partial charge < -0.3 is 10.6 Å². The second kappa shape index (κ2) is 4.15. The predicted molar refractivity (Wildman–Crippen MR) is 78.7 cm³/mol. The SMILES string of the molecule is Cc1csc2c(N3C4CCC3CC(N)C4)ncnc12. The molecule has 2 saturated heterocycles. The largest absolute Gasteiger partial charge is 0.349 e. The Morgan fingerprint density at radius 2 is 2.00 bits per heavy atom. The quantitative estimate of drug-likeness (QED) is 0.868. The molecule has 2 fully saturated rings. The van der Waals surface area contributed by atoms with E-state index in [0.29, 0.717) is 18.1 Å². The first-order valence-corrected chi connectivity index (χ1v) is 7.84. The van der Waals surface area contributed by atoms with Gasteiger partial charge in [-0.1, -0.05) is 0 Å². The highest BCUT2D eigenvalue weighted by molar-refractivity contribution is 7.18. The van der Waals surface area contributed by atoms with Crippen molar-refractivity contribution >= 4 is 27.4 Å². The first kappa shape index (κ1) is 11.6. The van der Waals surface area contributed by atoms with Crippen LogP contribution in [0.1, 0.15) is 31.2 Å². The third-order valence-corrected chi connectivity index (χ3v) is 5.61. The number of nitrogens with zero attached hydrogens (tertiary/aromatic N) is 3. The van der Waals surface area contributed by atoms with Gasteiger partial charge in [-0.3, -0.25) is 0 Å². The van der Waals surface area contributed by atoms with Crippen molar-refractivity contribution in [2.24, 2.45) is 5.73 Å². The molecule has 19 heavy (non-hydrogen) atoms. The van der Waals surface area contributed by atoms with Crippen LogP contribution < -0.4 is 10.6 Å². The summed E-state index contributed by atoms with van der Waals surface area (Å²) in [7, 11) is 0. The summed E-state index contributed by atoms with van der Waals surface area (Å²) in [5.41, 5.74) is 8.53. The molecule has 2 aromatic rings. The normalized spacial score (nSPS) is 30.2. The van der Waals surface area contributed by atoms with Crippen LogP contribution in [-0.4, -0.2) is 28.1 Å². The smallest absolute Gasteiger partial charge is 0.150 e. The molecule has 2 aliphatic rings. The van der Waals surface area contributed by atoms with E-state index in [0.717, 1.165) is 24.2 Å². The van der Waals surface area contributed by atoms with E-state index >= 15 is 0 Å². The zero-order chi connectivity index (χ0) is 13.0. The van der Waals surface area contributed by atoms with Crippen LogP contribution in [-0.2, 0) is 0 Å². The third kappa shape index (κ3) is 1.68. The summed E-state index contributed by atoms with van der Waals surface area (Å²) in [6.45, 7) is 2.12. The molecule has 2 bridgehead atoms. The minimum Gasteiger partial charge on any atom is -0.349 e. The molecule has 0 aromatic carbocycles. The molecule has 4 heterocycles. The number of thiophene rings is 1. The monoisotopic (exact) mass is 274 g/mol. The highest BCUT2D eigenvalue weighted by Gasteiger charge is 2.41. The molecule has 0 amide bonds. The van der Waals surface area contributed by atoms with E-state index in [9.17, 15) is 0 Å². The van der Waals surface area contributed by atoms with E-state index in [1.165, 1.54) is 23.1 Å². The fourth-order valence-electron chi connectivity index (χ4n) is 3.71. The van der Waals surface area contributed by atoms with Crippen molar-refractivity contribution < 1.29 is 0 Å². The summed E-state index contributed by atoms with van der Waals surface area (Å²) in [6, 6.07) is 1.53. The Labute approximate surface area is 116 Å². The molecule has 2 aliphatic heterocycles. The Kier molecular flexibility index (Phi) is 2.53. The molecule has 4 nitrogen and oxygen atoms in total. The molecular formula is C14H18N4S. The number of anilines is 1. The summed E-state index contributed by atoms with van der Waals surface area (Å²) in [5, 5.41) is 2.18. The first-order chi connectivity index (χ1) is 9.24. The van der Waals surface area contributed by atoms with Gasteiger partial charge in [-0.25, -0.2) is 9.97 Å². The average Bonchev–Trinajstić information content (AvgIpc) is 2.89. The molecule has 5 heteroatoms. The molecule has 4 rings (SSSR count). The molecule has 0 radical (unpaired) electrons. The zero-order valence-corrected chi connectivity index (χ0v) is 11.9. The van der Waals surface area contributed by atoms with E-state index in [4.69, 9.17) is 5.73 Å². The van der Waals surface area contributed by atoms with Crippen LogP contribution in [0.5, 0.6) is 0 Å². The van der Waals surface area contributed by atoms with Crippen LogP contribution >= 0.6 is 11.3 Å². The topological polar surface area (TPSA) is 55.0 Å². The molecule has 0 aliphatic carbocycles. The zero-order valence-electron chi connectivity index (χ0n) is 11.0. The summed E-state index contributed by atoms with van der Waals surface area (Å²) in [5.74, 6) is 1.14. The number of piperidine rings is 1. The molecule has 2 unspecified atom stereocenters. The van der Waals surface area contributed by atoms with Crippen LogP contribution in [0.15, 0.2) is 11.7 Å². The maximum absolute atomic E-state index is 6.16. The molecule has 2 aromatic heterocycles. The molecule has 100 valence electrons. The number of fused-ring (bicyclic) bond motifs is 3. The summed E-state index contributed by atoms with van der Waals surface area (Å²) < 4.78 is 1.24. The van der Waals surface area contributed by atoms with E-state index in [1.807, 2.05) is 0 Å². The highest BCUT2D eigenvalue weighted by atomic mass is 32.1. The van der Waals surface area contributed by atoms with Crippen LogP contribution in [0, 0.1) is 6.92 Å². The summed E-state index contributed by atoms with van der Waals surface area (Å²) >= 11 is 1.77. The summed E-state index contributed by atoms with van der Waals surface area (Å²) in [6.07, 6.45) is 6.44. The Hall–Kier alpha value is -1.20. The van der Waals surface area contributed by atoms with Gasteiger partial charge >= 0.3 is 0 Å². The number of aromatic nitrogens is 2. The van der Waals surface area contributed by atoms with E-state index < -0.39 is 0 Å². The number of rotatable bonds is 1. The van der Waals surface area contributed by atoms with Crippen molar-refractivity contribution in [2.45, 2.75) is 50.7 Å². The predicted octanol–water partition coefficient (Wildman–Crippen LogP) is 2.46. The first-order valence-electron chi connectivity index (χ1n) is 6.96. The lowest BCUT2D eigenvalue weighted by Gasteiger charge is -2.38. The fraction of sp³-hybridized carbons (Fsp3) is 0.571. The number of hydrogen-bond donors (Lipinski definition) is 1. The average molecular weight is 274 g/mol. The van der Waals surface area contributed by atoms with Crippen LogP contribution in [0.2, 0.25) is 0 Å². The van der Waals surface area contributed by atoms with Crippen molar-refractivity contribution in [3.05, 3.63) is 17.3 Å². The fourth-order valence-corrected chi connectivity index (χ4v) is 4.70. The molecule has 2 atom stereocenters. The molecule has 2 N–H and O–H groups in total. The lowest BCUT2D eigenvalue weighted by molar-refractivity contribution is 0.413. The van der Waals surface area contributed by atoms with Gasteiger partial charge in [0, 0.05) is 18.1 Å². The minimum absolute atomic E-state index is 0.371. The lowest BCUT2D eigenvalue weighted by Crippen LogP contribution is -2.47. The van der Waals surface area contributed by atoms with Gasteiger partial charge in [-0.05, 0) is 43.6 Å². The van der Waals surface area contributed by atoms with Gasteiger partial charge in [0.15, 0.2) is 5.82 Å². The van der Waals surface area contributed by atoms with E-state index in [2.05, 4.69) is 27.2 Å². The molecule has 0 saturated carbocycles. The second-order valence-electron chi connectivity index (χ2n) is 5.82. The van der Waals surface area contributed by atoms with Gasteiger partial charge in [0.1, 0.15) is 6.33 Å².